The number of halogens is 2. The zero-order valence-electron chi connectivity index (χ0n) is 16.0. The summed E-state index contributed by atoms with van der Waals surface area (Å²) >= 11 is 0. The highest BCUT2D eigenvalue weighted by Crippen LogP contribution is 2.38. The van der Waals surface area contributed by atoms with Crippen molar-refractivity contribution in [2.75, 3.05) is 6.61 Å². The van der Waals surface area contributed by atoms with Gasteiger partial charge in [-0.3, -0.25) is 5.32 Å². The lowest BCUT2D eigenvalue weighted by molar-refractivity contribution is -0.0944. The Kier molecular flexibility index (Phi) is 5.66. The summed E-state index contributed by atoms with van der Waals surface area (Å²) in [6.07, 6.45) is 2.49. The Morgan fingerprint density at radius 3 is 2.76 bits per heavy atom. The molecule has 29 heavy (non-hydrogen) atoms. The third-order valence-electron chi connectivity index (χ3n) is 5.12. The molecule has 1 saturated heterocycles. The highest BCUT2D eigenvalue weighted by Gasteiger charge is 2.49. The molecule has 1 aliphatic rings. The number of aromatic nitrogens is 3. The molecule has 3 aromatic rings. The number of nitrogens with one attached hydrogen (secondary N) is 1. The van der Waals surface area contributed by atoms with Crippen molar-refractivity contribution in [2.45, 2.75) is 37.9 Å². The van der Waals surface area contributed by atoms with Crippen LogP contribution in [0.5, 0.6) is 0 Å². The Bertz CT molecular complexity index is 939. The summed E-state index contributed by atoms with van der Waals surface area (Å²) in [5, 5.41) is 7.44. The van der Waals surface area contributed by atoms with Gasteiger partial charge in [0, 0.05) is 17.7 Å². The lowest BCUT2D eigenvalue weighted by Crippen LogP contribution is -2.43. The molecule has 0 spiro atoms. The summed E-state index contributed by atoms with van der Waals surface area (Å²) < 4.78 is 41.9. The van der Waals surface area contributed by atoms with E-state index in [2.05, 4.69) is 15.4 Å². The third-order valence-corrected chi connectivity index (χ3v) is 5.12. The van der Waals surface area contributed by atoms with E-state index in [4.69, 9.17) is 9.47 Å². The van der Waals surface area contributed by atoms with Crippen LogP contribution in [0.15, 0.2) is 61.2 Å². The number of rotatable bonds is 7. The molecule has 2 heterocycles. The van der Waals surface area contributed by atoms with Crippen LogP contribution in [0.4, 0.5) is 8.78 Å². The molecule has 2 aromatic carbocycles. The second-order valence-electron chi connectivity index (χ2n) is 7.10. The summed E-state index contributed by atoms with van der Waals surface area (Å²) in [5.41, 5.74) is 0.226. The Morgan fingerprint density at radius 2 is 2.03 bits per heavy atom. The third kappa shape index (κ3) is 4.19. The van der Waals surface area contributed by atoms with Crippen LogP contribution in [-0.2, 0) is 28.2 Å². The van der Waals surface area contributed by atoms with Gasteiger partial charge in [-0.15, -0.1) is 0 Å². The van der Waals surface area contributed by atoms with E-state index in [1.165, 1.54) is 18.5 Å². The molecule has 4 rings (SSSR count). The lowest BCUT2D eigenvalue weighted by atomic mass is 9.87. The number of hydrogen-bond donors (Lipinski definition) is 1. The minimum atomic E-state index is -1.09. The molecule has 1 aromatic heterocycles. The van der Waals surface area contributed by atoms with E-state index < -0.39 is 23.5 Å². The topological polar surface area (TPSA) is 61.2 Å². The number of nitrogens with zero attached hydrogens (tertiary/aromatic N) is 3. The van der Waals surface area contributed by atoms with Gasteiger partial charge in [-0.05, 0) is 18.6 Å². The van der Waals surface area contributed by atoms with E-state index in [0.717, 1.165) is 11.6 Å². The molecule has 1 aliphatic heterocycles. The smallest absolute Gasteiger partial charge is 0.137 e. The quantitative estimate of drug-likeness (QED) is 0.661. The standard InChI is InChI=1S/C21H22F2N4O2/c1-15-21(12-27-14-24-13-25-27,18-8-7-17(22)9-19(18)23)29-20(26-15)11-28-10-16-5-3-2-4-6-16/h2-9,13-15,20,26H,10-12H2,1H3/t15-,20?,21-/m1/s1. The van der Waals surface area contributed by atoms with E-state index in [9.17, 15) is 8.78 Å². The van der Waals surface area contributed by atoms with Gasteiger partial charge in [-0.1, -0.05) is 36.4 Å². The molecule has 0 aliphatic carbocycles. The van der Waals surface area contributed by atoms with Crippen LogP contribution in [0.25, 0.3) is 0 Å². The van der Waals surface area contributed by atoms with Crippen molar-refractivity contribution in [3.05, 3.63) is 83.9 Å². The fraction of sp³-hybridized carbons (Fsp3) is 0.333. The first-order valence-corrected chi connectivity index (χ1v) is 9.40. The fourth-order valence-electron chi connectivity index (χ4n) is 3.69. The maximum Gasteiger partial charge on any atom is 0.137 e. The molecule has 152 valence electrons. The minimum Gasteiger partial charge on any atom is -0.373 e. The summed E-state index contributed by atoms with van der Waals surface area (Å²) in [7, 11) is 0. The van der Waals surface area contributed by atoms with Crippen molar-refractivity contribution >= 4 is 0 Å². The first-order valence-electron chi connectivity index (χ1n) is 9.40. The van der Waals surface area contributed by atoms with Gasteiger partial charge in [0.2, 0.25) is 0 Å². The second kappa shape index (κ2) is 8.36. The predicted molar refractivity (Wildman–Crippen MR) is 102 cm³/mol. The summed E-state index contributed by atoms with van der Waals surface area (Å²) in [5.74, 6) is -1.30. The Hall–Kier alpha value is -2.68. The zero-order valence-corrected chi connectivity index (χ0v) is 16.0. The van der Waals surface area contributed by atoms with Gasteiger partial charge in [-0.25, -0.2) is 18.4 Å². The summed E-state index contributed by atoms with van der Waals surface area (Å²) in [6, 6.07) is 13.1. The van der Waals surface area contributed by atoms with Crippen molar-refractivity contribution in [3.63, 3.8) is 0 Å². The maximum atomic E-state index is 14.7. The molecule has 0 amide bonds. The highest BCUT2D eigenvalue weighted by atomic mass is 19.1. The van der Waals surface area contributed by atoms with Crippen molar-refractivity contribution in [3.8, 4) is 0 Å². The molecule has 0 radical (unpaired) electrons. The zero-order chi connectivity index (χ0) is 20.3. The molecule has 0 saturated carbocycles. The predicted octanol–water partition coefficient (Wildman–Crippen LogP) is 3.00. The first-order chi connectivity index (χ1) is 14.1. The Morgan fingerprint density at radius 1 is 1.21 bits per heavy atom. The maximum absolute atomic E-state index is 14.7. The van der Waals surface area contributed by atoms with Crippen LogP contribution in [0.3, 0.4) is 0 Å². The van der Waals surface area contributed by atoms with E-state index in [1.807, 2.05) is 37.3 Å². The van der Waals surface area contributed by atoms with E-state index in [-0.39, 0.29) is 24.8 Å². The van der Waals surface area contributed by atoms with Crippen LogP contribution in [0.1, 0.15) is 18.1 Å². The second-order valence-corrected chi connectivity index (χ2v) is 7.10. The van der Waals surface area contributed by atoms with Gasteiger partial charge in [0.25, 0.3) is 0 Å². The van der Waals surface area contributed by atoms with Crippen molar-refractivity contribution in [1.82, 2.24) is 20.1 Å². The number of hydrogen-bond acceptors (Lipinski definition) is 5. The molecule has 1 unspecified atom stereocenters. The Labute approximate surface area is 167 Å². The molecular formula is C21H22F2N4O2. The highest BCUT2D eigenvalue weighted by molar-refractivity contribution is 5.28. The van der Waals surface area contributed by atoms with Crippen LogP contribution >= 0.6 is 0 Å². The summed E-state index contributed by atoms with van der Waals surface area (Å²) in [4.78, 5) is 3.95. The molecule has 3 atom stereocenters. The molecule has 1 fully saturated rings. The van der Waals surface area contributed by atoms with Gasteiger partial charge in [0.1, 0.15) is 36.1 Å². The SMILES string of the molecule is C[C@H]1NC(COCc2ccccc2)O[C@@]1(Cn1cncn1)c1ccc(F)cc1F. The van der Waals surface area contributed by atoms with Crippen molar-refractivity contribution in [2.24, 2.45) is 0 Å². The molecule has 6 nitrogen and oxygen atoms in total. The number of benzene rings is 2. The summed E-state index contributed by atoms with van der Waals surface area (Å²) in [6.45, 7) is 2.84. The Balaban J connectivity index is 1.54. The van der Waals surface area contributed by atoms with Crippen molar-refractivity contribution < 1.29 is 18.3 Å². The van der Waals surface area contributed by atoms with Crippen molar-refractivity contribution in [1.29, 1.82) is 0 Å². The minimum absolute atomic E-state index is 0.221. The van der Waals surface area contributed by atoms with Crippen LogP contribution < -0.4 is 5.32 Å². The van der Waals surface area contributed by atoms with E-state index in [1.54, 1.807) is 11.0 Å². The first kappa shape index (κ1) is 19.6. The largest absolute Gasteiger partial charge is 0.373 e. The van der Waals surface area contributed by atoms with Crippen LogP contribution in [-0.4, -0.2) is 33.6 Å². The van der Waals surface area contributed by atoms with E-state index in [0.29, 0.717) is 6.61 Å². The lowest BCUT2D eigenvalue weighted by Gasteiger charge is -2.33. The van der Waals surface area contributed by atoms with Gasteiger partial charge < -0.3 is 9.47 Å². The van der Waals surface area contributed by atoms with E-state index >= 15 is 0 Å². The fourth-order valence-corrected chi connectivity index (χ4v) is 3.69. The molecular weight excluding hydrogens is 378 g/mol. The number of ether oxygens (including phenoxy) is 2. The molecule has 8 heteroatoms. The van der Waals surface area contributed by atoms with Gasteiger partial charge in [-0.2, -0.15) is 5.10 Å². The molecule has 0 bridgehead atoms. The van der Waals surface area contributed by atoms with Crippen LogP contribution in [0, 0.1) is 11.6 Å². The molecule has 1 N–H and O–H groups in total. The average molecular weight is 400 g/mol. The monoisotopic (exact) mass is 400 g/mol. The van der Waals surface area contributed by atoms with Gasteiger partial charge in [0.05, 0.1) is 19.8 Å². The van der Waals surface area contributed by atoms with Gasteiger partial charge >= 0.3 is 0 Å². The normalized spacial score (nSPS) is 24.1. The van der Waals surface area contributed by atoms with Crippen LogP contribution in [0.2, 0.25) is 0 Å². The average Bonchev–Trinajstić information content (AvgIpc) is 3.31. The van der Waals surface area contributed by atoms with Gasteiger partial charge in [0.15, 0.2) is 0 Å².